The van der Waals surface area contributed by atoms with E-state index in [9.17, 15) is 8.42 Å². The maximum absolute atomic E-state index is 11.8. The van der Waals surface area contributed by atoms with Crippen LogP contribution in [0.4, 0.5) is 0 Å². The second-order valence-corrected chi connectivity index (χ2v) is 8.01. The minimum atomic E-state index is -2.93. The van der Waals surface area contributed by atoms with Gasteiger partial charge in [0.05, 0.1) is 5.75 Å². The largest absolute Gasteiger partial charge is 0.325 e. The predicted octanol–water partition coefficient (Wildman–Crippen LogP) is 2.09. The van der Waals surface area contributed by atoms with Gasteiger partial charge < -0.3 is 5.73 Å². The topological polar surface area (TPSA) is 60.2 Å². The Hall–Kier alpha value is -0.870. The van der Waals surface area contributed by atoms with Crippen LogP contribution in [0, 0.1) is 0 Å². The van der Waals surface area contributed by atoms with Crippen LogP contribution in [-0.4, -0.2) is 25.5 Å². The highest BCUT2D eigenvalue weighted by molar-refractivity contribution is 7.91. The second kappa shape index (κ2) is 5.63. The van der Waals surface area contributed by atoms with Crippen LogP contribution in [-0.2, 0) is 22.7 Å². The van der Waals surface area contributed by atoms with Crippen LogP contribution < -0.4 is 5.73 Å². The van der Waals surface area contributed by atoms with Crippen LogP contribution in [0.3, 0.4) is 0 Å². The van der Waals surface area contributed by atoms with E-state index in [1.165, 1.54) is 11.1 Å². The summed E-state index contributed by atoms with van der Waals surface area (Å²) in [5.74, 6) is 0.499. The molecule has 19 heavy (non-hydrogen) atoms. The third-order valence-electron chi connectivity index (χ3n) is 3.98. The van der Waals surface area contributed by atoms with E-state index < -0.39 is 9.84 Å². The summed E-state index contributed by atoms with van der Waals surface area (Å²) in [6.07, 6.45) is 3.89. The molecule has 1 unspecified atom stereocenters. The number of sulfone groups is 1. The second-order valence-electron chi connectivity index (χ2n) is 5.71. The van der Waals surface area contributed by atoms with Gasteiger partial charge in [0, 0.05) is 11.3 Å². The third-order valence-corrected chi connectivity index (χ3v) is 5.84. The molecule has 3 nitrogen and oxygen atoms in total. The molecule has 0 radical (unpaired) electrons. The van der Waals surface area contributed by atoms with E-state index in [2.05, 4.69) is 12.1 Å². The Morgan fingerprint density at radius 3 is 2.58 bits per heavy atom. The zero-order valence-electron chi connectivity index (χ0n) is 11.6. The molecule has 1 aromatic carbocycles. The molecule has 2 N–H and O–H groups in total. The molecule has 1 aliphatic rings. The van der Waals surface area contributed by atoms with Crippen LogP contribution >= 0.6 is 0 Å². The van der Waals surface area contributed by atoms with Gasteiger partial charge in [0.25, 0.3) is 0 Å². The number of aryl methyl sites for hydroxylation is 1. The Kier molecular flexibility index (Phi) is 4.31. The standard InChI is InChI=1S/C15H23NO2S/c1-2-10-19(17,18)11-9-15(16)8-7-13-5-3-4-6-14(13)12-15/h3-6H,2,7-12,16H2,1H3. The number of fused-ring (bicyclic) bond motifs is 1. The van der Waals surface area contributed by atoms with Crippen molar-refractivity contribution in [2.24, 2.45) is 5.73 Å². The zero-order chi connectivity index (χ0) is 13.9. The van der Waals surface area contributed by atoms with Gasteiger partial charge in [-0.25, -0.2) is 8.42 Å². The van der Waals surface area contributed by atoms with Gasteiger partial charge >= 0.3 is 0 Å². The van der Waals surface area contributed by atoms with Crippen molar-refractivity contribution in [3.8, 4) is 0 Å². The Morgan fingerprint density at radius 2 is 1.89 bits per heavy atom. The molecule has 0 aliphatic heterocycles. The van der Waals surface area contributed by atoms with Gasteiger partial charge in [-0.1, -0.05) is 31.2 Å². The van der Waals surface area contributed by atoms with E-state index >= 15 is 0 Å². The van der Waals surface area contributed by atoms with E-state index in [0.29, 0.717) is 12.8 Å². The fraction of sp³-hybridized carbons (Fsp3) is 0.600. The molecule has 0 amide bonds. The molecular formula is C15H23NO2S. The first kappa shape index (κ1) is 14.5. The van der Waals surface area contributed by atoms with Crippen LogP contribution in [0.1, 0.15) is 37.3 Å². The summed E-state index contributed by atoms with van der Waals surface area (Å²) in [6.45, 7) is 1.90. The molecular weight excluding hydrogens is 258 g/mol. The Bertz CT molecular complexity index is 539. The summed E-state index contributed by atoms with van der Waals surface area (Å²) >= 11 is 0. The SMILES string of the molecule is CCCS(=O)(=O)CCC1(N)CCc2ccccc2C1. The highest BCUT2D eigenvalue weighted by Crippen LogP contribution is 2.29. The molecule has 0 bridgehead atoms. The highest BCUT2D eigenvalue weighted by Gasteiger charge is 2.31. The van der Waals surface area contributed by atoms with Crippen molar-refractivity contribution in [2.45, 2.75) is 44.6 Å². The normalized spacial score (nSPS) is 23.1. The number of rotatable bonds is 5. The van der Waals surface area contributed by atoms with Gasteiger partial charge in [0.15, 0.2) is 0 Å². The summed E-state index contributed by atoms with van der Waals surface area (Å²) in [6, 6.07) is 8.33. The van der Waals surface area contributed by atoms with Gasteiger partial charge in [-0.3, -0.25) is 0 Å². The van der Waals surface area contributed by atoms with Gasteiger partial charge in [0.1, 0.15) is 9.84 Å². The monoisotopic (exact) mass is 281 g/mol. The molecule has 4 heteroatoms. The van der Waals surface area contributed by atoms with E-state index in [4.69, 9.17) is 5.73 Å². The minimum Gasteiger partial charge on any atom is -0.325 e. The lowest BCUT2D eigenvalue weighted by Crippen LogP contribution is -2.46. The Balaban J connectivity index is 2.02. The molecule has 0 spiro atoms. The molecule has 0 saturated carbocycles. The highest BCUT2D eigenvalue weighted by atomic mass is 32.2. The minimum absolute atomic E-state index is 0.222. The molecule has 1 atom stereocenters. The summed E-state index contributed by atoms with van der Waals surface area (Å²) < 4.78 is 23.6. The van der Waals surface area contributed by atoms with Crippen molar-refractivity contribution < 1.29 is 8.42 Å². The van der Waals surface area contributed by atoms with Crippen molar-refractivity contribution in [1.29, 1.82) is 0 Å². The number of hydrogen-bond acceptors (Lipinski definition) is 3. The number of nitrogens with two attached hydrogens (primary N) is 1. The van der Waals surface area contributed by atoms with E-state index in [0.717, 1.165) is 19.3 Å². The summed E-state index contributed by atoms with van der Waals surface area (Å²) in [5, 5.41) is 0. The van der Waals surface area contributed by atoms with Gasteiger partial charge in [-0.05, 0) is 43.2 Å². The van der Waals surface area contributed by atoms with E-state index in [1.807, 2.05) is 19.1 Å². The molecule has 0 heterocycles. The number of benzene rings is 1. The molecule has 0 saturated heterocycles. The molecule has 106 valence electrons. The molecule has 1 aromatic rings. The van der Waals surface area contributed by atoms with E-state index in [-0.39, 0.29) is 17.0 Å². The molecule has 0 aromatic heterocycles. The van der Waals surface area contributed by atoms with Crippen LogP contribution in [0.25, 0.3) is 0 Å². The molecule has 2 rings (SSSR count). The zero-order valence-corrected chi connectivity index (χ0v) is 12.4. The van der Waals surface area contributed by atoms with Gasteiger partial charge in [-0.2, -0.15) is 0 Å². The summed E-state index contributed by atoms with van der Waals surface area (Å²) in [7, 11) is -2.93. The molecule has 0 fully saturated rings. The van der Waals surface area contributed by atoms with Crippen LogP contribution in [0.5, 0.6) is 0 Å². The van der Waals surface area contributed by atoms with Crippen LogP contribution in [0.2, 0.25) is 0 Å². The maximum Gasteiger partial charge on any atom is 0.150 e. The summed E-state index contributed by atoms with van der Waals surface area (Å²) in [4.78, 5) is 0. The van der Waals surface area contributed by atoms with Gasteiger partial charge in [0.2, 0.25) is 0 Å². The van der Waals surface area contributed by atoms with Crippen molar-refractivity contribution >= 4 is 9.84 Å². The Labute approximate surface area is 116 Å². The lowest BCUT2D eigenvalue weighted by Gasteiger charge is -2.34. The first-order valence-electron chi connectivity index (χ1n) is 7.00. The fourth-order valence-corrected chi connectivity index (χ4v) is 4.35. The van der Waals surface area contributed by atoms with Gasteiger partial charge in [-0.15, -0.1) is 0 Å². The van der Waals surface area contributed by atoms with Crippen molar-refractivity contribution in [3.05, 3.63) is 35.4 Å². The lowest BCUT2D eigenvalue weighted by atomic mass is 9.77. The average molecular weight is 281 g/mol. The first-order chi connectivity index (χ1) is 8.94. The lowest BCUT2D eigenvalue weighted by molar-refractivity contribution is 0.360. The average Bonchev–Trinajstić information content (AvgIpc) is 2.37. The smallest absolute Gasteiger partial charge is 0.150 e. The molecule has 1 aliphatic carbocycles. The summed E-state index contributed by atoms with van der Waals surface area (Å²) in [5.41, 5.74) is 8.70. The fourth-order valence-electron chi connectivity index (χ4n) is 2.81. The number of hydrogen-bond donors (Lipinski definition) is 1. The first-order valence-corrected chi connectivity index (χ1v) is 8.82. The van der Waals surface area contributed by atoms with Crippen LogP contribution in [0.15, 0.2) is 24.3 Å². The Morgan fingerprint density at radius 1 is 1.21 bits per heavy atom. The van der Waals surface area contributed by atoms with Crippen molar-refractivity contribution in [1.82, 2.24) is 0 Å². The predicted molar refractivity (Wildman–Crippen MR) is 78.9 cm³/mol. The quantitative estimate of drug-likeness (QED) is 0.899. The van der Waals surface area contributed by atoms with E-state index in [1.54, 1.807) is 0 Å². The maximum atomic E-state index is 11.8. The van der Waals surface area contributed by atoms with Crippen molar-refractivity contribution in [2.75, 3.05) is 11.5 Å². The third kappa shape index (κ3) is 3.80. The van der Waals surface area contributed by atoms with Crippen molar-refractivity contribution in [3.63, 3.8) is 0 Å².